The van der Waals surface area contributed by atoms with Gasteiger partial charge in [-0.2, -0.15) is 0 Å². The van der Waals surface area contributed by atoms with E-state index in [4.69, 9.17) is 4.74 Å². The summed E-state index contributed by atoms with van der Waals surface area (Å²) in [6, 6.07) is 5.35. The Morgan fingerprint density at radius 2 is 2.04 bits per heavy atom. The van der Waals surface area contributed by atoms with E-state index in [1.54, 1.807) is 24.9 Å². The zero-order chi connectivity index (χ0) is 16.2. The summed E-state index contributed by atoms with van der Waals surface area (Å²) in [4.78, 5) is 16.7. The Hall–Kier alpha value is -1.40. The molecule has 2 aliphatic heterocycles. The predicted octanol–water partition coefficient (Wildman–Crippen LogP) is 2.46. The van der Waals surface area contributed by atoms with Gasteiger partial charge < -0.3 is 19.6 Å². The molecule has 0 aliphatic carbocycles. The first-order chi connectivity index (χ1) is 11.2. The number of hydrogen-bond acceptors (Lipinski definition) is 5. The van der Waals surface area contributed by atoms with E-state index in [9.17, 15) is 9.90 Å². The van der Waals surface area contributed by atoms with Gasteiger partial charge in [-0.15, -0.1) is 11.8 Å². The molecule has 1 atom stereocenters. The number of likely N-dealkylation sites (tertiary alicyclic amines) is 1. The average Bonchev–Trinajstić information content (AvgIpc) is 2.95. The smallest absolute Gasteiger partial charge is 0.233 e. The molecule has 1 amide bonds. The average molecular weight is 336 g/mol. The molecule has 23 heavy (non-hydrogen) atoms. The third-order valence-corrected chi connectivity index (χ3v) is 5.82. The van der Waals surface area contributed by atoms with Crippen LogP contribution in [0, 0.1) is 0 Å². The first kappa shape index (κ1) is 16.5. The number of aromatic hydroxyl groups is 1. The number of phenols is 1. The lowest BCUT2D eigenvalue weighted by Gasteiger charge is -2.30. The SMILES string of the molecule is COc1cc(C2SCC(=O)N2CCN2CCCCC2)ccc1O. The molecule has 2 saturated heterocycles. The highest BCUT2D eigenvalue weighted by Gasteiger charge is 2.33. The highest BCUT2D eigenvalue weighted by molar-refractivity contribution is 8.00. The van der Waals surface area contributed by atoms with Gasteiger partial charge in [0.25, 0.3) is 0 Å². The van der Waals surface area contributed by atoms with Gasteiger partial charge in [0.2, 0.25) is 5.91 Å². The molecule has 6 heteroatoms. The fourth-order valence-corrected chi connectivity index (χ4v) is 4.46. The number of amides is 1. The van der Waals surface area contributed by atoms with Crippen molar-refractivity contribution in [2.24, 2.45) is 0 Å². The molecule has 1 aromatic rings. The second-order valence-electron chi connectivity index (χ2n) is 6.08. The molecule has 0 radical (unpaired) electrons. The van der Waals surface area contributed by atoms with Crippen molar-refractivity contribution in [2.45, 2.75) is 24.6 Å². The molecular formula is C17H24N2O3S. The van der Waals surface area contributed by atoms with Crippen molar-refractivity contribution in [2.75, 3.05) is 39.0 Å². The Morgan fingerprint density at radius 3 is 2.78 bits per heavy atom. The van der Waals surface area contributed by atoms with E-state index in [2.05, 4.69) is 4.90 Å². The summed E-state index contributed by atoms with van der Waals surface area (Å²) < 4.78 is 5.19. The quantitative estimate of drug-likeness (QED) is 0.895. The Kier molecular flexibility index (Phi) is 5.33. The van der Waals surface area contributed by atoms with Gasteiger partial charge in [0, 0.05) is 13.1 Å². The topological polar surface area (TPSA) is 53.0 Å². The number of ether oxygens (including phenoxy) is 1. The van der Waals surface area contributed by atoms with Crippen LogP contribution in [-0.2, 0) is 4.79 Å². The van der Waals surface area contributed by atoms with Gasteiger partial charge in [-0.3, -0.25) is 4.79 Å². The van der Waals surface area contributed by atoms with Crippen LogP contribution in [0.15, 0.2) is 18.2 Å². The molecule has 1 N–H and O–H groups in total. The van der Waals surface area contributed by atoms with E-state index < -0.39 is 0 Å². The maximum atomic E-state index is 12.3. The van der Waals surface area contributed by atoms with Gasteiger partial charge in [-0.05, 0) is 43.6 Å². The van der Waals surface area contributed by atoms with E-state index in [-0.39, 0.29) is 17.0 Å². The lowest BCUT2D eigenvalue weighted by molar-refractivity contribution is -0.128. The molecule has 1 aromatic carbocycles. The number of piperidine rings is 1. The zero-order valence-corrected chi connectivity index (χ0v) is 14.3. The fraction of sp³-hybridized carbons (Fsp3) is 0.588. The maximum Gasteiger partial charge on any atom is 0.233 e. The van der Waals surface area contributed by atoms with Crippen LogP contribution >= 0.6 is 11.8 Å². The zero-order valence-electron chi connectivity index (χ0n) is 13.5. The van der Waals surface area contributed by atoms with Crippen molar-refractivity contribution in [1.82, 2.24) is 9.80 Å². The lowest BCUT2D eigenvalue weighted by atomic mass is 10.1. The van der Waals surface area contributed by atoms with Crippen LogP contribution < -0.4 is 4.74 Å². The summed E-state index contributed by atoms with van der Waals surface area (Å²) in [5.41, 5.74) is 1.01. The number of carbonyl (C=O) groups excluding carboxylic acids is 1. The molecule has 5 nitrogen and oxygen atoms in total. The number of hydrogen-bond donors (Lipinski definition) is 1. The lowest BCUT2D eigenvalue weighted by Crippen LogP contribution is -2.39. The minimum atomic E-state index is 0.0155. The van der Waals surface area contributed by atoms with Crippen LogP contribution in [0.5, 0.6) is 11.5 Å². The van der Waals surface area contributed by atoms with E-state index in [0.29, 0.717) is 11.5 Å². The second-order valence-corrected chi connectivity index (χ2v) is 7.15. The number of carbonyl (C=O) groups is 1. The molecule has 0 saturated carbocycles. The van der Waals surface area contributed by atoms with Gasteiger partial charge in [0.1, 0.15) is 5.37 Å². The first-order valence-corrected chi connectivity index (χ1v) is 9.24. The second kappa shape index (κ2) is 7.45. The van der Waals surface area contributed by atoms with Gasteiger partial charge in [0.15, 0.2) is 11.5 Å². The molecule has 126 valence electrons. The third kappa shape index (κ3) is 3.75. The Bertz CT molecular complexity index is 561. The van der Waals surface area contributed by atoms with E-state index >= 15 is 0 Å². The fourth-order valence-electron chi connectivity index (χ4n) is 3.25. The number of phenolic OH excluding ortho intramolecular Hbond substituents is 1. The molecule has 3 rings (SSSR count). The van der Waals surface area contributed by atoms with Gasteiger partial charge in [0.05, 0.1) is 12.9 Å². The van der Waals surface area contributed by atoms with Crippen LogP contribution in [0.4, 0.5) is 0 Å². The standard InChI is InChI=1S/C17H24N2O3S/c1-22-15-11-13(5-6-14(15)20)17-19(16(21)12-23-17)10-9-18-7-3-2-4-8-18/h5-6,11,17,20H,2-4,7-10,12H2,1H3. The monoisotopic (exact) mass is 336 g/mol. The molecule has 0 bridgehead atoms. The predicted molar refractivity (Wildman–Crippen MR) is 91.9 cm³/mol. The number of thioether (sulfide) groups is 1. The molecule has 2 aliphatic rings. The van der Waals surface area contributed by atoms with Crippen LogP contribution in [0.2, 0.25) is 0 Å². The molecule has 0 aromatic heterocycles. The summed E-state index contributed by atoms with van der Waals surface area (Å²) in [7, 11) is 1.54. The van der Waals surface area contributed by atoms with Crippen molar-refractivity contribution in [3.63, 3.8) is 0 Å². The molecule has 0 spiro atoms. The number of rotatable bonds is 5. The van der Waals surface area contributed by atoms with Crippen molar-refractivity contribution in [1.29, 1.82) is 0 Å². The third-order valence-electron chi connectivity index (χ3n) is 4.56. The van der Waals surface area contributed by atoms with Gasteiger partial charge in [-0.1, -0.05) is 12.5 Å². The van der Waals surface area contributed by atoms with Crippen LogP contribution in [0.3, 0.4) is 0 Å². The summed E-state index contributed by atoms with van der Waals surface area (Å²) in [6.07, 6.45) is 3.85. The van der Waals surface area contributed by atoms with Gasteiger partial charge >= 0.3 is 0 Å². The summed E-state index contributed by atoms with van der Waals surface area (Å²) >= 11 is 1.64. The Labute approximate surface area is 141 Å². The van der Waals surface area contributed by atoms with Gasteiger partial charge in [-0.25, -0.2) is 0 Å². The van der Waals surface area contributed by atoms with Crippen LogP contribution in [0.25, 0.3) is 0 Å². The summed E-state index contributed by atoms with van der Waals surface area (Å²) in [5.74, 6) is 1.31. The van der Waals surface area contributed by atoms with E-state index in [1.165, 1.54) is 19.3 Å². The first-order valence-electron chi connectivity index (χ1n) is 8.19. The van der Waals surface area contributed by atoms with E-state index in [0.717, 1.165) is 31.7 Å². The van der Waals surface area contributed by atoms with Crippen molar-refractivity contribution >= 4 is 17.7 Å². The largest absolute Gasteiger partial charge is 0.504 e. The summed E-state index contributed by atoms with van der Waals surface area (Å²) in [6.45, 7) is 4.00. The van der Waals surface area contributed by atoms with Crippen LogP contribution in [0.1, 0.15) is 30.2 Å². The van der Waals surface area contributed by atoms with Crippen molar-refractivity contribution in [3.8, 4) is 11.5 Å². The molecule has 2 heterocycles. The number of methoxy groups -OCH3 is 1. The van der Waals surface area contributed by atoms with E-state index in [1.807, 2.05) is 17.0 Å². The molecule has 1 unspecified atom stereocenters. The van der Waals surface area contributed by atoms with Crippen LogP contribution in [-0.4, -0.2) is 59.9 Å². The van der Waals surface area contributed by atoms with Crippen molar-refractivity contribution < 1.29 is 14.6 Å². The molecule has 2 fully saturated rings. The van der Waals surface area contributed by atoms with Crippen molar-refractivity contribution in [3.05, 3.63) is 23.8 Å². The Balaban J connectivity index is 1.69. The minimum Gasteiger partial charge on any atom is -0.504 e. The molecular weight excluding hydrogens is 312 g/mol. The number of benzene rings is 1. The minimum absolute atomic E-state index is 0.0155. The normalized spacial score (nSPS) is 22.6. The highest BCUT2D eigenvalue weighted by Crippen LogP contribution is 2.41. The Morgan fingerprint density at radius 1 is 1.26 bits per heavy atom. The maximum absolute atomic E-state index is 12.3. The highest BCUT2D eigenvalue weighted by atomic mass is 32.2. The number of nitrogens with zero attached hydrogens (tertiary/aromatic N) is 2. The summed E-state index contributed by atoms with van der Waals surface area (Å²) in [5, 5.41) is 9.77.